The number of nitrogens with two attached hydrogens (primary N) is 1. The summed E-state index contributed by atoms with van der Waals surface area (Å²) >= 11 is 5.20. The highest BCUT2D eigenvalue weighted by Gasteiger charge is 2.18. The highest BCUT2D eigenvalue weighted by molar-refractivity contribution is 9.10. The molecule has 0 fully saturated rings. The van der Waals surface area contributed by atoms with Crippen molar-refractivity contribution in [3.8, 4) is 11.5 Å². The highest BCUT2D eigenvalue weighted by Crippen LogP contribution is 2.37. The Balaban J connectivity index is 2.44. The minimum atomic E-state index is -0.222. The zero-order valence-electron chi connectivity index (χ0n) is 11.1. The fourth-order valence-corrected chi connectivity index (χ4v) is 3.45. The maximum absolute atomic E-state index is 6.35. The molecule has 1 aromatic carbocycles. The Kier molecular flexibility index (Phi) is 4.50. The van der Waals surface area contributed by atoms with Crippen molar-refractivity contribution in [2.24, 2.45) is 5.73 Å². The lowest BCUT2D eigenvalue weighted by molar-refractivity contribution is 0.397. The monoisotopic (exact) mass is 341 g/mol. The van der Waals surface area contributed by atoms with Gasteiger partial charge in [-0.3, -0.25) is 0 Å². The second-order valence-corrected chi connectivity index (χ2v) is 6.28. The van der Waals surface area contributed by atoms with Crippen LogP contribution in [0, 0.1) is 6.92 Å². The van der Waals surface area contributed by atoms with Crippen LogP contribution in [0.5, 0.6) is 11.5 Å². The molecule has 0 aliphatic heterocycles. The van der Waals surface area contributed by atoms with Gasteiger partial charge in [-0.15, -0.1) is 11.3 Å². The molecule has 1 atom stereocenters. The molecule has 19 heavy (non-hydrogen) atoms. The van der Waals surface area contributed by atoms with Crippen molar-refractivity contribution in [1.82, 2.24) is 0 Å². The quantitative estimate of drug-likeness (QED) is 0.917. The van der Waals surface area contributed by atoms with Gasteiger partial charge in [0.15, 0.2) is 0 Å². The number of thiophene rings is 1. The smallest absolute Gasteiger partial charge is 0.124 e. The molecule has 1 heterocycles. The molecule has 0 spiro atoms. The zero-order chi connectivity index (χ0) is 14.0. The van der Waals surface area contributed by atoms with Gasteiger partial charge in [0, 0.05) is 19.8 Å². The third kappa shape index (κ3) is 2.94. The molecule has 0 saturated carbocycles. The predicted molar refractivity (Wildman–Crippen MR) is 82.3 cm³/mol. The summed E-state index contributed by atoms with van der Waals surface area (Å²) in [5, 5.41) is 0. The van der Waals surface area contributed by atoms with Crippen LogP contribution in [0.1, 0.15) is 21.4 Å². The number of benzene rings is 1. The lowest BCUT2D eigenvalue weighted by atomic mass is 10.0. The Morgan fingerprint density at radius 3 is 2.47 bits per heavy atom. The molecule has 2 aromatic rings. The third-order valence-corrected chi connectivity index (χ3v) is 5.17. The van der Waals surface area contributed by atoms with Crippen LogP contribution in [-0.4, -0.2) is 14.2 Å². The second kappa shape index (κ2) is 5.94. The first-order chi connectivity index (χ1) is 9.06. The maximum Gasteiger partial charge on any atom is 0.124 e. The van der Waals surface area contributed by atoms with E-state index in [1.165, 1.54) is 4.88 Å². The summed E-state index contributed by atoms with van der Waals surface area (Å²) in [4.78, 5) is 2.31. The lowest BCUT2D eigenvalue weighted by Crippen LogP contribution is -2.11. The summed E-state index contributed by atoms with van der Waals surface area (Å²) in [5.74, 6) is 1.55. The number of aryl methyl sites for hydroxylation is 1. The Morgan fingerprint density at radius 2 is 1.95 bits per heavy atom. The number of rotatable bonds is 4. The van der Waals surface area contributed by atoms with Crippen LogP contribution in [0.4, 0.5) is 0 Å². The van der Waals surface area contributed by atoms with Crippen LogP contribution in [0.3, 0.4) is 0 Å². The molecule has 0 amide bonds. The first kappa shape index (κ1) is 14.4. The van der Waals surface area contributed by atoms with Gasteiger partial charge in [0.2, 0.25) is 0 Å². The topological polar surface area (TPSA) is 44.5 Å². The summed E-state index contributed by atoms with van der Waals surface area (Å²) in [6.07, 6.45) is 0. The van der Waals surface area contributed by atoms with E-state index in [0.29, 0.717) is 0 Å². The molecule has 0 saturated heterocycles. The van der Waals surface area contributed by atoms with Gasteiger partial charge in [0.1, 0.15) is 11.5 Å². The van der Waals surface area contributed by atoms with E-state index in [1.807, 2.05) is 18.2 Å². The van der Waals surface area contributed by atoms with E-state index in [-0.39, 0.29) is 6.04 Å². The van der Waals surface area contributed by atoms with E-state index in [1.54, 1.807) is 25.6 Å². The van der Waals surface area contributed by atoms with Gasteiger partial charge in [-0.05, 0) is 47.1 Å². The van der Waals surface area contributed by atoms with E-state index in [9.17, 15) is 0 Å². The first-order valence-corrected chi connectivity index (χ1v) is 7.41. The molecule has 1 unspecified atom stereocenters. The van der Waals surface area contributed by atoms with E-state index in [2.05, 4.69) is 28.9 Å². The van der Waals surface area contributed by atoms with Crippen LogP contribution >= 0.6 is 27.3 Å². The molecular formula is C14H16BrNO2S. The van der Waals surface area contributed by atoms with Gasteiger partial charge < -0.3 is 15.2 Å². The zero-order valence-corrected chi connectivity index (χ0v) is 13.5. The minimum absolute atomic E-state index is 0.222. The number of hydrogen-bond donors (Lipinski definition) is 1. The van der Waals surface area contributed by atoms with E-state index >= 15 is 0 Å². The van der Waals surface area contributed by atoms with Gasteiger partial charge in [0.05, 0.1) is 20.3 Å². The van der Waals surface area contributed by atoms with Crippen LogP contribution in [0.2, 0.25) is 0 Å². The van der Waals surface area contributed by atoms with Crippen molar-refractivity contribution >= 4 is 27.3 Å². The molecule has 0 aliphatic carbocycles. The largest absolute Gasteiger partial charge is 0.497 e. The highest BCUT2D eigenvalue weighted by atomic mass is 79.9. The van der Waals surface area contributed by atoms with Gasteiger partial charge in [0.25, 0.3) is 0 Å². The van der Waals surface area contributed by atoms with Gasteiger partial charge >= 0.3 is 0 Å². The lowest BCUT2D eigenvalue weighted by Gasteiger charge is -2.15. The summed E-state index contributed by atoms with van der Waals surface area (Å²) in [6, 6.07) is 7.50. The Bertz CT molecular complexity index is 563. The van der Waals surface area contributed by atoms with Crippen molar-refractivity contribution in [3.05, 3.63) is 44.1 Å². The number of hydrogen-bond acceptors (Lipinski definition) is 4. The Labute approximate surface area is 125 Å². The van der Waals surface area contributed by atoms with Gasteiger partial charge in [-0.25, -0.2) is 0 Å². The maximum atomic E-state index is 6.35. The normalized spacial score (nSPS) is 12.3. The fourth-order valence-electron chi connectivity index (χ4n) is 1.87. The second-order valence-electron chi connectivity index (χ2n) is 4.14. The predicted octanol–water partition coefficient (Wildman–Crippen LogP) is 3.88. The van der Waals surface area contributed by atoms with Crippen LogP contribution in [-0.2, 0) is 0 Å². The molecule has 0 aliphatic rings. The summed E-state index contributed by atoms with van der Waals surface area (Å²) in [7, 11) is 3.29. The van der Waals surface area contributed by atoms with Crippen LogP contribution < -0.4 is 15.2 Å². The average molecular weight is 342 g/mol. The minimum Gasteiger partial charge on any atom is -0.497 e. The number of halogens is 1. The Morgan fingerprint density at radius 1 is 1.21 bits per heavy atom. The van der Waals surface area contributed by atoms with Crippen molar-refractivity contribution < 1.29 is 9.47 Å². The molecule has 1 aromatic heterocycles. The molecular weight excluding hydrogens is 326 g/mol. The summed E-state index contributed by atoms with van der Waals surface area (Å²) in [5.41, 5.74) is 7.28. The molecule has 5 heteroatoms. The fraction of sp³-hybridized carbons (Fsp3) is 0.286. The summed E-state index contributed by atoms with van der Waals surface area (Å²) in [6.45, 7) is 2.06. The van der Waals surface area contributed by atoms with Gasteiger partial charge in [-0.1, -0.05) is 0 Å². The third-order valence-electron chi connectivity index (χ3n) is 2.95. The SMILES string of the molecule is COc1ccc(OC)c(C(N)c2cc(Br)c(C)s2)c1. The van der Waals surface area contributed by atoms with E-state index < -0.39 is 0 Å². The van der Waals surface area contributed by atoms with Crippen molar-refractivity contribution in [2.45, 2.75) is 13.0 Å². The number of methoxy groups -OCH3 is 2. The summed E-state index contributed by atoms with van der Waals surface area (Å²) < 4.78 is 11.7. The number of ether oxygens (including phenoxy) is 2. The van der Waals surface area contributed by atoms with E-state index in [0.717, 1.165) is 26.4 Å². The van der Waals surface area contributed by atoms with Crippen molar-refractivity contribution in [1.29, 1.82) is 0 Å². The molecule has 0 bridgehead atoms. The molecule has 2 rings (SSSR count). The first-order valence-electron chi connectivity index (χ1n) is 5.80. The molecule has 0 radical (unpaired) electrons. The van der Waals surface area contributed by atoms with Crippen LogP contribution in [0.25, 0.3) is 0 Å². The Hall–Kier alpha value is -1.04. The van der Waals surface area contributed by atoms with E-state index in [4.69, 9.17) is 15.2 Å². The van der Waals surface area contributed by atoms with Crippen molar-refractivity contribution in [2.75, 3.05) is 14.2 Å². The van der Waals surface area contributed by atoms with Crippen molar-refractivity contribution in [3.63, 3.8) is 0 Å². The molecule has 102 valence electrons. The molecule has 3 nitrogen and oxygen atoms in total. The standard InChI is InChI=1S/C14H16BrNO2S/c1-8-11(15)7-13(19-8)14(16)10-6-9(17-2)4-5-12(10)18-3/h4-7,14H,16H2,1-3H3. The van der Waals surface area contributed by atoms with Crippen LogP contribution in [0.15, 0.2) is 28.7 Å². The molecule has 2 N–H and O–H groups in total. The van der Waals surface area contributed by atoms with Gasteiger partial charge in [-0.2, -0.15) is 0 Å². The average Bonchev–Trinajstić information content (AvgIpc) is 2.77.